The van der Waals surface area contributed by atoms with Gasteiger partial charge in [0.15, 0.2) is 17.5 Å². The lowest BCUT2D eigenvalue weighted by molar-refractivity contribution is 0.669. The highest BCUT2D eigenvalue weighted by atomic mass is 16.3. The molecule has 56 heavy (non-hydrogen) atoms. The summed E-state index contributed by atoms with van der Waals surface area (Å²) in [6.45, 7) is 0. The Morgan fingerprint density at radius 1 is 0.339 bits per heavy atom. The summed E-state index contributed by atoms with van der Waals surface area (Å²) in [4.78, 5) is 15.1. The number of benzene rings is 8. The lowest BCUT2D eigenvalue weighted by Gasteiger charge is -2.10. The quantitative estimate of drug-likeness (QED) is 0.172. The number of para-hydroxylation sites is 1. The van der Waals surface area contributed by atoms with Crippen molar-refractivity contribution in [3.63, 3.8) is 0 Å². The Bertz CT molecular complexity index is 3160. The van der Waals surface area contributed by atoms with Gasteiger partial charge in [-0.3, -0.25) is 0 Å². The SMILES string of the molecule is c1ccc(-c2cccc(-c3ccc(-n4c5ccccc5c5cc6c(cc54)oc4cccc(-c5nc(-c7ccccc7)nc(-c7ccccc7)n5)c46)cc3)c2)cc1. The Morgan fingerprint density at radius 3 is 1.57 bits per heavy atom. The molecule has 0 spiro atoms. The number of aromatic nitrogens is 4. The van der Waals surface area contributed by atoms with E-state index in [1.807, 2.05) is 72.8 Å². The van der Waals surface area contributed by atoms with Crippen LogP contribution in [0, 0.1) is 0 Å². The van der Waals surface area contributed by atoms with Gasteiger partial charge in [-0.15, -0.1) is 0 Å². The fraction of sp³-hybridized carbons (Fsp3) is 0. The maximum atomic E-state index is 6.68. The summed E-state index contributed by atoms with van der Waals surface area (Å²) in [6, 6.07) is 67.5. The average Bonchev–Trinajstić information content (AvgIpc) is 3.81. The van der Waals surface area contributed by atoms with E-state index in [1.54, 1.807) is 0 Å². The van der Waals surface area contributed by atoms with Crippen molar-refractivity contribution in [1.29, 1.82) is 0 Å². The van der Waals surface area contributed by atoms with E-state index in [2.05, 4.69) is 126 Å². The highest BCUT2D eigenvalue weighted by Crippen LogP contribution is 2.41. The molecule has 0 unspecified atom stereocenters. The normalized spacial score (nSPS) is 11.6. The van der Waals surface area contributed by atoms with Crippen LogP contribution in [0.1, 0.15) is 0 Å². The Morgan fingerprint density at radius 2 is 0.893 bits per heavy atom. The van der Waals surface area contributed by atoms with Crippen molar-refractivity contribution in [3.05, 3.63) is 194 Å². The van der Waals surface area contributed by atoms with E-state index < -0.39 is 0 Å². The number of hydrogen-bond donors (Lipinski definition) is 0. The van der Waals surface area contributed by atoms with Gasteiger partial charge in [-0.05, 0) is 58.7 Å². The van der Waals surface area contributed by atoms with Crippen molar-refractivity contribution in [3.8, 4) is 62.1 Å². The van der Waals surface area contributed by atoms with Crippen molar-refractivity contribution in [2.24, 2.45) is 0 Å². The first-order valence-corrected chi connectivity index (χ1v) is 18.8. The van der Waals surface area contributed by atoms with E-state index in [4.69, 9.17) is 19.4 Å². The summed E-state index contributed by atoms with van der Waals surface area (Å²) in [6.07, 6.45) is 0. The monoisotopic (exact) mass is 716 g/mol. The molecule has 0 amide bonds. The third-order valence-corrected chi connectivity index (χ3v) is 10.7. The molecule has 5 nitrogen and oxygen atoms in total. The Labute approximate surface area is 322 Å². The molecule has 0 N–H and O–H groups in total. The minimum Gasteiger partial charge on any atom is -0.456 e. The zero-order chi connectivity index (χ0) is 37.0. The average molecular weight is 717 g/mol. The second-order valence-electron chi connectivity index (χ2n) is 14.0. The van der Waals surface area contributed by atoms with Crippen molar-refractivity contribution >= 4 is 43.7 Å². The van der Waals surface area contributed by atoms with Crippen LogP contribution in [-0.2, 0) is 0 Å². The molecule has 0 aliphatic carbocycles. The molecule has 0 fully saturated rings. The second-order valence-corrected chi connectivity index (χ2v) is 14.0. The smallest absolute Gasteiger partial charge is 0.164 e. The first-order chi connectivity index (χ1) is 27.7. The molecular weight excluding hydrogens is 685 g/mol. The van der Waals surface area contributed by atoms with Gasteiger partial charge in [0.2, 0.25) is 0 Å². The molecule has 0 radical (unpaired) electrons. The maximum absolute atomic E-state index is 6.68. The Hall–Kier alpha value is -7.63. The molecule has 11 rings (SSSR count). The molecule has 0 aliphatic heterocycles. The van der Waals surface area contributed by atoms with Crippen LogP contribution in [0.25, 0.3) is 106 Å². The first-order valence-electron chi connectivity index (χ1n) is 18.8. The Balaban J connectivity index is 1.07. The van der Waals surface area contributed by atoms with Gasteiger partial charge in [-0.2, -0.15) is 0 Å². The fourth-order valence-electron chi connectivity index (χ4n) is 7.99. The minimum atomic E-state index is 0.600. The zero-order valence-corrected chi connectivity index (χ0v) is 30.2. The molecule has 0 saturated carbocycles. The van der Waals surface area contributed by atoms with Crippen LogP contribution >= 0.6 is 0 Å². The summed E-state index contributed by atoms with van der Waals surface area (Å²) < 4.78 is 9.02. The number of fused-ring (bicyclic) bond motifs is 6. The fourth-order valence-corrected chi connectivity index (χ4v) is 7.99. The van der Waals surface area contributed by atoms with Crippen molar-refractivity contribution in [2.45, 2.75) is 0 Å². The van der Waals surface area contributed by atoms with Crippen molar-refractivity contribution < 1.29 is 4.42 Å². The molecule has 0 aliphatic rings. The Kier molecular flexibility index (Phi) is 7.42. The van der Waals surface area contributed by atoms with Crippen LogP contribution < -0.4 is 0 Å². The topological polar surface area (TPSA) is 56.7 Å². The van der Waals surface area contributed by atoms with Gasteiger partial charge in [0.05, 0.1) is 11.0 Å². The van der Waals surface area contributed by atoms with Gasteiger partial charge in [-0.25, -0.2) is 15.0 Å². The van der Waals surface area contributed by atoms with Crippen molar-refractivity contribution in [2.75, 3.05) is 0 Å². The molecule has 0 saturated heterocycles. The molecule has 11 aromatic rings. The molecule has 8 aromatic carbocycles. The van der Waals surface area contributed by atoms with Gasteiger partial charge >= 0.3 is 0 Å². The van der Waals surface area contributed by atoms with E-state index in [1.165, 1.54) is 27.6 Å². The zero-order valence-electron chi connectivity index (χ0n) is 30.2. The largest absolute Gasteiger partial charge is 0.456 e. The highest BCUT2D eigenvalue weighted by Gasteiger charge is 2.21. The number of rotatable bonds is 6. The van der Waals surface area contributed by atoms with Gasteiger partial charge in [0, 0.05) is 50.0 Å². The molecule has 262 valence electrons. The molecule has 3 heterocycles. The van der Waals surface area contributed by atoms with Crippen LogP contribution in [-0.4, -0.2) is 19.5 Å². The van der Waals surface area contributed by atoms with Crippen molar-refractivity contribution in [1.82, 2.24) is 19.5 Å². The molecule has 3 aromatic heterocycles. The van der Waals surface area contributed by atoms with Gasteiger partial charge in [0.1, 0.15) is 11.2 Å². The summed E-state index contributed by atoms with van der Waals surface area (Å²) in [5.74, 6) is 1.85. The third-order valence-electron chi connectivity index (χ3n) is 10.7. The van der Waals surface area contributed by atoms with E-state index in [-0.39, 0.29) is 0 Å². The second kappa shape index (κ2) is 13.0. The molecule has 0 bridgehead atoms. The van der Waals surface area contributed by atoms with Crippen LogP contribution in [0.2, 0.25) is 0 Å². The van der Waals surface area contributed by atoms with E-state index in [0.29, 0.717) is 17.5 Å². The van der Waals surface area contributed by atoms with Gasteiger partial charge < -0.3 is 8.98 Å². The number of hydrogen-bond acceptors (Lipinski definition) is 4. The summed E-state index contributed by atoms with van der Waals surface area (Å²) >= 11 is 0. The lowest BCUT2D eigenvalue weighted by Crippen LogP contribution is -2.00. The predicted octanol–water partition coefficient (Wildman–Crippen LogP) is 13.2. The van der Waals surface area contributed by atoms with Crippen LogP contribution in [0.15, 0.2) is 199 Å². The summed E-state index contributed by atoms with van der Waals surface area (Å²) in [5, 5.41) is 4.32. The molecule has 5 heteroatoms. The van der Waals surface area contributed by atoms with Crippen LogP contribution in [0.4, 0.5) is 0 Å². The van der Waals surface area contributed by atoms with Crippen LogP contribution in [0.5, 0.6) is 0 Å². The standard InChI is InChI=1S/C51H32N4O/c1-4-14-33(15-5-1)37-20-12-21-38(30-37)34-26-28-39(29-27-34)55-44-24-11-10-22-40(44)42-31-43-47(32-45(42)55)56-46-25-13-23-41(48(43)46)51-53-49(35-16-6-2-7-17-35)52-50(54-51)36-18-8-3-9-19-36/h1-32H. The molecule has 0 atom stereocenters. The van der Waals surface area contributed by atoms with Crippen LogP contribution in [0.3, 0.4) is 0 Å². The van der Waals surface area contributed by atoms with E-state index in [9.17, 15) is 0 Å². The lowest BCUT2D eigenvalue weighted by atomic mass is 9.99. The third kappa shape index (κ3) is 5.37. The predicted molar refractivity (Wildman–Crippen MR) is 229 cm³/mol. The molecular formula is C51H32N4O. The summed E-state index contributed by atoms with van der Waals surface area (Å²) in [5.41, 5.74) is 12.4. The maximum Gasteiger partial charge on any atom is 0.164 e. The number of nitrogens with zero attached hydrogens (tertiary/aromatic N) is 4. The van der Waals surface area contributed by atoms with Gasteiger partial charge in [0.25, 0.3) is 0 Å². The van der Waals surface area contributed by atoms with Gasteiger partial charge in [-0.1, -0.05) is 152 Å². The minimum absolute atomic E-state index is 0.600. The highest BCUT2D eigenvalue weighted by molar-refractivity contribution is 6.19. The van der Waals surface area contributed by atoms with E-state index >= 15 is 0 Å². The van der Waals surface area contributed by atoms with E-state index in [0.717, 1.165) is 60.7 Å². The first kappa shape index (κ1) is 31.9. The summed E-state index contributed by atoms with van der Waals surface area (Å²) in [7, 11) is 0. The number of furan rings is 1.